The molecule has 0 unspecified atom stereocenters. The Bertz CT molecular complexity index is 1460. The highest BCUT2D eigenvalue weighted by Gasteiger charge is 2.20. The molecule has 0 bridgehead atoms. The summed E-state index contributed by atoms with van der Waals surface area (Å²) in [7, 11) is 0. The van der Waals surface area contributed by atoms with Crippen LogP contribution < -0.4 is 11.1 Å². The molecule has 0 saturated heterocycles. The Morgan fingerprint density at radius 2 is 1.82 bits per heavy atom. The first-order valence-electron chi connectivity index (χ1n) is 9.88. The van der Waals surface area contributed by atoms with Crippen LogP contribution in [0.4, 0.5) is 5.69 Å². The maximum absolute atomic E-state index is 13.3. The van der Waals surface area contributed by atoms with E-state index in [1.165, 1.54) is 0 Å². The van der Waals surface area contributed by atoms with E-state index in [1.54, 1.807) is 41.5 Å². The quantitative estimate of drug-likeness (QED) is 0.366. The molecule has 0 fully saturated rings. The molecule has 33 heavy (non-hydrogen) atoms. The van der Waals surface area contributed by atoms with Gasteiger partial charge in [-0.1, -0.05) is 18.2 Å². The van der Waals surface area contributed by atoms with Gasteiger partial charge in [-0.3, -0.25) is 9.59 Å². The number of H-pyrrole nitrogens is 1. The standard InChI is InChI=1S/C24H18N6O2.ClH/c25-22(31)19-6-2-7-20(24(32)29-17-12-16-8-10-26-23(16)27-14-17)21(19)15-4-1-5-18(13-15)30-11-3-9-28-30;/h1-14H,(H2,25,31)(H,26,27)(H,29,32);1H. The van der Waals surface area contributed by atoms with Gasteiger partial charge in [-0.05, 0) is 48.0 Å². The fraction of sp³-hybridized carbons (Fsp3) is 0. The molecule has 0 aliphatic carbocycles. The fourth-order valence-electron chi connectivity index (χ4n) is 3.69. The highest BCUT2D eigenvalue weighted by Crippen LogP contribution is 2.30. The molecule has 0 spiro atoms. The minimum absolute atomic E-state index is 0. The van der Waals surface area contributed by atoms with Crippen molar-refractivity contribution < 1.29 is 9.59 Å². The average Bonchev–Trinajstić information content (AvgIpc) is 3.50. The number of carbonyl (C=O) groups excluding carboxylic acids is 2. The number of halogens is 1. The highest BCUT2D eigenvalue weighted by atomic mass is 35.5. The number of nitrogens with zero attached hydrogens (tertiary/aromatic N) is 3. The third-order valence-electron chi connectivity index (χ3n) is 5.14. The number of anilines is 1. The molecule has 8 nitrogen and oxygen atoms in total. The molecular weight excluding hydrogens is 440 g/mol. The van der Waals surface area contributed by atoms with Crippen molar-refractivity contribution in [2.45, 2.75) is 0 Å². The maximum atomic E-state index is 13.3. The van der Waals surface area contributed by atoms with Crippen molar-refractivity contribution in [2.24, 2.45) is 5.73 Å². The molecule has 0 saturated carbocycles. The van der Waals surface area contributed by atoms with Gasteiger partial charge in [0.2, 0.25) is 5.91 Å². The lowest BCUT2D eigenvalue weighted by Gasteiger charge is -2.15. The molecule has 164 valence electrons. The molecule has 0 aliphatic heterocycles. The predicted octanol–water partition coefficient (Wildman–Crippen LogP) is 4.19. The van der Waals surface area contributed by atoms with E-state index in [1.807, 2.05) is 48.7 Å². The lowest BCUT2D eigenvalue weighted by Crippen LogP contribution is -2.18. The minimum Gasteiger partial charge on any atom is -0.366 e. The molecule has 9 heteroatoms. The number of pyridine rings is 1. The van der Waals surface area contributed by atoms with Crippen LogP contribution in [-0.4, -0.2) is 31.6 Å². The number of hydrogen-bond donors (Lipinski definition) is 3. The van der Waals surface area contributed by atoms with Gasteiger partial charge in [-0.25, -0.2) is 9.67 Å². The van der Waals surface area contributed by atoms with E-state index in [9.17, 15) is 9.59 Å². The molecule has 0 atom stereocenters. The summed E-state index contributed by atoms with van der Waals surface area (Å²) in [5.74, 6) is -0.987. The summed E-state index contributed by atoms with van der Waals surface area (Å²) in [6.45, 7) is 0. The van der Waals surface area contributed by atoms with Crippen LogP contribution in [-0.2, 0) is 0 Å². The van der Waals surface area contributed by atoms with Gasteiger partial charge in [0, 0.05) is 40.7 Å². The predicted molar refractivity (Wildman–Crippen MR) is 129 cm³/mol. The van der Waals surface area contributed by atoms with Crippen molar-refractivity contribution in [3.63, 3.8) is 0 Å². The van der Waals surface area contributed by atoms with E-state index >= 15 is 0 Å². The molecule has 5 aromatic rings. The van der Waals surface area contributed by atoms with E-state index in [2.05, 4.69) is 20.4 Å². The first kappa shape index (κ1) is 21.8. The molecule has 3 aromatic heterocycles. The zero-order valence-electron chi connectivity index (χ0n) is 17.2. The summed E-state index contributed by atoms with van der Waals surface area (Å²) in [5, 5.41) is 8.00. The number of nitrogens with one attached hydrogen (secondary N) is 2. The van der Waals surface area contributed by atoms with Crippen molar-refractivity contribution in [1.82, 2.24) is 19.7 Å². The second-order valence-corrected chi connectivity index (χ2v) is 7.19. The number of benzene rings is 2. The van der Waals surface area contributed by atoms with Crippen LogP contribution in [0, 0.1) is 0 Å². The second kappa shape index (κ2) is 8.97. The Morgan fingerprint density at radius 3 is 2.61 bits per heavy atom. The first-order valence-corrected chi connectivity index (χ1v) is 9.88. The van der Waals surface area contributed by atoms with Gasteiger partial charge >= 0.3 is 0 Å². The van der Waals surface area contributed by atoms with Crippen LogP contribution in [0.25, 0.3) is 27.8 Å². The molecular formula is C24H19ClN6O2. The van der Waals surface area contributed by atoms with Gasteiger partial charge < -0.3 is 16.0 Å². The largest absolute Gasteiger partial charge is 0.366 e. The average molecular weight is 459 g/mol. The molecule has 5 rings (SSSR count). The van der Waals surface area contributed by atoms with Crippen LogP contribution in [0.2, 0.25) is 0 Å². The Hall–Kier alpha value is -4.43. The first-order chi connectivity index (χ1) is 15.6. The number of aromatic amines is 1. The SMILES string of the molecule is Cl.NC(=O)c1cccc(C(=O)Nc2cnc3[nH]ccc3c2)c1-c1cccc(-n2cccn2)c1. The molecule has 2 amide bonds. The number of primary amides is 1. The summed E-state index contributed by atoms with van der Waals surface area (Å²) < 4.78 is 1.70. The minimum atomic E-state index is -0.616. The Balaban J connectivity index is 0.00000259. The van der Waals surface area contributed by atoms with E-state index in [0.29, 0.717) is 22.4 Å². The normalized spacial score (nSPS) is 10.5. The van der Waals surface area contributed by atoms with Gasteiger partial charge in [-0.2, -0.15) is 5.10 Å². The monoisotopic (exact) mass is 458 g/mol. The molecule has 0 radical (unpaired) electrons. The highest BCUT2D eigenvalue weighted by molar-refractivity contribution is 6.13. The van der Waals surface area contributed by atoms with Crippen molar-refractivity contribution in [3.8, 4) is 16.8 Å². The van der Waals surface area contributed by atoms with Gasteiger partial charge in [-0.15, -0.1) is 12.4 Å². The van der Waals surface area contributed by atoms with Crippen molar-refractivity contribution in [1.29, 1.82) is 0 Å². The third-order valence-corrected chi connectivity index (χ3v) is 5.14. The zero-order valence-corrected chi connectivity index (χ0v) is 18.0. The van der Waals surface area contributed by atoms with Crippen molar-refractivity contribution in [3.05, 3.63) is 96.6 Å². The third kappa shape index (κ3) is 4.19. The maximum Gasteiger partial charge on any atom is 0.256 e. The van der Waals surface area contributed by atoms with Crippen molar-refractivity contribution >= 4 is 40.9 Å². The molecule has 3 heterocycles. The summed E-state index contributed by atoms with van der Waals surface area (Å²) in [4.78, 5) is 32.8. The van der Waals surface area contributed by atoms with Crippen LogP contribution in [0.15, 0.2) is 85.5 Å². The fourth-order valence-corrected chi connectivity index (χ4v) is 3.69. The van der Waals surface area contributed by atoms with Gasteiger partial charge in [0.25, 0.3) is 5.91 Å². The smallest absolute Gasteiger partial charge is 0.256 e. The molecule has 0 aliphatic rings. The number of rotatable bonds is 5. The van der Waals surface area contributed by atoms with Gasteiger partial charge in [0.1, 0.15) is 5.65 Å². The lowest BCUT2D eigenvalue weighted by molar-refractivity contribution is 0.100. The Morgan fingerprint density at radius 1 is 1.00 bits per heavy atom. The van der Waals surface area contributed by atoms with E-state index in [0.717, 1.165) is 16.7 Å². The number of amides is 2. The number of fused-ring (bicyclic) bond motifs is 1. The number of carbonyl (C=O) groups is 2. The van der Waals surface area contributed by atoms with Crippen LogP contribution in [0.5, 0.6) is 0 Å². The van der Waals surface area contributed by atoms with Crippen LogP contribution in [0.3, 0.4) is 0 Å². The lowest BCUT2D eigenvalue weighted by atomic mass is 9.93. The van der Waals surface area contributed by atoms with Gasteiger partial charge in [0.15, 0.2) is 0 Å². The van der Waals surface area contributed by atoms with Crippen LogP contribution in [0.1, 0.15) is 20.7 Å². The second-order valence-electron chi connectivity index (χ2n) is 7.19. The summed E-state index contributed by atoms with van der Waals surface area (Å²) >= 11 is 0. The Labute approximate surface area is 194 Å². The number of nitrogens with two attached hydrogens (primary N) is 1. The molecule has 2 aromatic carbocycles. The number of hydrogen-bond acceptors (Lipinski definition) is 4. The van der Waals surface area contributed by atoms with E-state index in [-0.39, 0.29) is 23.9 Å². The number of aromatic nitrogens is 4. The van der Waals surface area contributed by atoms with Crippen LogP contribution >= 0.6 is 12.4 Å². The Kier molecular flexibility index (Phi) is 5.93. The zero-order chi connectivity index (χ0) is 22.1. The summed E-state index contributed by atoms with van der Waals surface area (Å²) in [6, 6.07) is 17.9. The van der Waals surface area contributed by atoms with Gasteiger partial charge in [0.05, 0.1) is 17.6 Å². The van der Waals surface area contributed by atoms with E-state index < -0.39 is 5.91 Å². The van der Waals surface area contributed by atoms with E-state index in [4.69, 9.17) is 5.73 Å². The van der Waals surface area contributed by atoms with Crippen molar-refractivity contribution in [2.75, 3.05) is 5.32 Å². The summed E-state index contributed by atoms with van der Waals surface area (Å²) in [5.41, 5.74) is 9.45. The summed E-state index contributed by atoms with van der Waals surface area (Å²) in [6.07, 6.45) is 6.85. The topological polar surface area (TPSA) is 119 Å². The molecule has 4 N–H and O–H groups in total.